The Balaban J connectivity index is 2.48. The highest BCUT2D eigenvalue weighted by Crippen LogP contribution is 2.24. The zero-order valence-corrected chi connectivity index (χ0v) is 12.2. The van der Waals surface area contributed by atoms with Gasteiger partial charge in [0.2, 0.25) is 0 Å². The van der Waals surface area contributed by atoms with Gasteiger partial charge in [0.15, 0.2) is 0 Å². The van der Waals surface area contributed by atoms with Gasteiger partial charge < -0.3 is 9.84 Å². The van der Waals surface area contributed by atoms with Crippen LogP contribution in [0.3, 0.4) is 0 Å². The van der Waals surface area contributed by atoms with Gasteiger partial charge >= 0.3 is 0 Å². The van der Waals surface area contributed by atoms with Gasteiger partial charge in [0.25, 0.3) is 0 Å². The summed E-state index contributed by atoms with van der Waals surface area (Å²) in [6.45, 7) is 2.10. The Bertz CT molecular complexity index is 339. The molecule has 1 aromatic rings. The third kappa shape index (κ3) is 5.09. The zero-order valence-electron chi connectivity index (χ0n) is 10.6. The summed E-state index contributed by atoms with van der Waals surface area (Å²) in [7, 11) is 1.69. The number of hydrogen-bond donors (Lipinski definition) is 1. The fraction of sp³-hybridized carbons (Fsp3) is 0.571. The topological polar surface area (TPSA) is 29.5 Å². The molecule has 17 heavy (non-hydrogen) atoms. The van der Waals surface area contributed by atoms with Crippen molar-refractivity contribution in [3.63, 3.8) is 0 Å². The Morgan fingerprint density at radius 2 is 2.12 bits per heavy atom. The highest BCUT2D eigenvalue weighted by molar-refractivity contribution is 9.10. The fourth-order valence-corrected chi connectivity index (χ4v) is 2.36. The molecule has 0 aliphatic heterocycles. The van der Waals surface area contributed by atoms with Crippen LogP contribution >= 0.6 is 15.9 Å². The van der Waals surface area contributed by atoms with E-state index in [1.807, 2.05) is 12.1 Å². The molecule has 0 radical (unpaired) electrons. The molecule has 96 valence electrons. The molecule has 0 bridgehead atoms. The minimum atomic E-state index is -0.154. The van der Waals surface area contributed by atoms with Crippen LogP contribution in [0.4, 0.5) is 0 Å². The van der Waals surface area contributed by atoms with Crippen molar-refractivity contribution in [2.75, 3.05) is 7.11 Å². The van der Waals surface area contributed by atoms with E-state index in [1.54, 1.807) is 7.11 Å². The van der Waals surface area contributed by atoms with Crippen molar-refractivity contribution in [3.8, 4) is 5.75 Å². The predicted molar refractivity (Wildman–Crippen MR) is 74.5 cm³/mol. The van der Waals surface area contributed by atoms with Crippen molar-refractivity contribution in [1.29, 1.82) is 0 Å². The lowest BCUT2D eigenvalue weighted by Crippen LogP contribution is -2.06. The normalized spacial score (nSPS) is 12.5. The number of benzene rings is 1. The SMILES string of the molecule is CCCC(O)CCCc1cc(Br)ccc1OC. The van der Waals surface area contributed by atoms with E-state index in [0.717, 1.165) is 42.3 Å². The van der Waals surface area contributed by atoms with Crippen molar-refractivity contribution in [3.05, 3.63) is 28.2 Å². The van der Waals surface area contributed by atoms with E-state index in [-0.39, 0.29) is 6.10 Å². The van der Waals surface area contributed by atoms with Crippen LogP contribution in [-0.4, -0.2) is 18.3 Å². The lowest BCUT2D eigenvalue weighted by molar-refractivity contribution is 0.151. The maximum absolute atomic E-state index is 9.67. The lowest BCUT2D eigenvalue weighted by Gasteiger charge is -2.11. The van der Waals surface area contributed by atoms with Gasteiger partial charge in [-0.2, -0.15) is 0 Å². The molecule has 1 unspecified atom stereocenters. The Morgan fingerprint density at radius 3 is 2.76 bits per heavy atom. The molecule has 0 spiro atoms. The first-order chi connectivity index (χ1) is 8.17. The van der Waals surface area contributed by atoms with Gasteiger partial charge in [-0.25, -0.2) is 0 Å². The first kappa shape index (κ1) is 14.5. The van der Waals surface area contributed by atoms with Crippen molar-refractivity contribution >= 4 is 15.9 Å². The molecule has 0 aromatic heterocycles. The molecule has 0 fully saturated rings. The first-order valence-corrected chi connectivity index (χ1v) is 6.97. The Hall–Kier alpha value is -0.540. The van der Waals surface area contributed by atoms with Crippen molar-refractivity contribution in [2.24, 2.45) is 0 Å². The van der Waals surface area contributed by atoms with E-state index in [1.165, 1.54) is 5.56 Å². The molecule has 0 saturated heterocycles. The maximum Gasteiger partial charge on any atom is 0.122 e. The minimum Gasteiger partial charge on any atom is -0.496 e. The molecule has 2 nitrogen and oxygen atoms in total. The van der Waals surface area contributed by atoms with Crippen LogP contribution in [-0.2, 0) is 6.42 Å². The smallest absolute Gasteiger partial charge is 0.122 e. The summed E-state index contributed by atoms with van der Waals surface area (Å²) in [5.74, 6) is 0.929. The lowest BCUT2D eigenvalue weighted by atomic mass is 10.0. The van der Waals surface area contributed by atoms with Gasteiger partial charge in [-0.1, -0.05) is 29.3 Å². The number of aryl methyl sites for hydroxylation is 1. The van der Waals surface area contributed by atoms with Gasteiger partial charge in [-0.3, -0.25) is 0 Å². The molecule has 1 rings (SSSR count). The molecule has 0 amide bonds. The second kappa shape index (κ2) is 7.72. The third-order valence-corrected chi connectivity index (χ3v) is 3.34. The number of ether oxygens (including phenoxy) is 1. The predicted octanol–water partition coefficient (Wildman–Crippen LogP) is 3.94. The number of rotatable bonds is 7. The highest BCUT2D eigenvalue weighted by Gasteiger charge is 2.06. The number of aliphatic hydroxyl groups excluding tert-OH is 1. The molecule has 0 aliphatic carbocycles. The highest BCUT2D eigenvalue weighted by atomic mass is 79.9. The Morgan fingerprint density at radius 1 is 1.35 bits per heavy atom. The van der Waals surface area contributed by atoms with E-state index >= 15 is 0 Å². The van der Waals surface area contributed by atoms with Crippen molar-refractivity contribution < 1.29 is 9.84 Å². The molecule has 1 N–H and O–H groups in total. The van der Waals surface area contributed by atoms with Crippen LogP contribution in [0.1, 0.15) is 38.2 Å². The van der Waals surface area contributed by atoms with Gasteiger partial charge in [0.1, 0.15) is 5.75 Å². The van der Waals surface area contributed by atoms with Crippen LogP contribution in [0.15, 0.2) is 22.7 Å². The molecular formula is C14H21BrO2. The number of hydrogen-bond acceptors (Lipinski definition) is 2. The molecule has 1 aromatic carbocycles. The second-order valence-corrected chi connectivity index (χ2v) is 5.21. The van der Waals surface area contributed by atoms with Crippen LogP contribution in [0.25, 0.3) is 0 Å². The second-order valence-electron chi connectivity index (χ2n) is 4.29. The minimum absolute atomic E-state index is 0.154. The molecule has 0 aliphatic rings. The van der Waals surface area contributed by atoms with Crippen LogP contribution in [0.2, 0.25) is 0 Å². The Labute approximate surface area is 112 Å². The fourth-order valence-electron chi connectivity index (χ4n) is 1.95. The van der Waals surface area contributed by atoms with E-state index in [2.05, 4.69) is 28.9 Å². The van der Waals surface area contributed by atoms with Gasteiger partial charge in [-0.15, -0.1) is 0 Å². The van der Waals surface area contributed by atoms with E-state index < -0.39 is 0 Å². The van der Waals surface area contributed by atoms with E-state index in [0.29, 0.717) is 0 Å². The summed E-state index contributed by atoms with van der Waals surface area (Å²) in [6, 6.07) is 6.04. The molecule has 0 heterocycles. The zero-order chi connectivity index (χ0) is 12.7. The summed E-state index contributed by atoms with van der Waals surface area (Å²) in [6.07, 6.45) is 4.59. The molecule has 3 heteroatoms. The largest absolute Gasteiger partial charge is 0.496 e. The number of aliphatic hydroxyl groups is 1. The molecular weight excluding hydrogens is 280 g/mol. The summed E-state index contributed by atoms with van der Waals surface area (Å²) >= 11 is 3.47. The number of methoxy groups -OCH3 is 1. The monoisotopic (exact) mass is 300 g/mol. The summed E-state index contributed by atoms with van der Waals surface area (Å²) < 4.78 is 6.39. The van der Waals surface area contributed by atoms with Crippen molar-refractivity contribution in [2.45, 2.75) is 45.1 Å². The summed E-state index contributed by atoms with van der Waals surface area (Å²) in [4.78, 5) is 0. The van der Waals surface area contributed by atoms with E-state index in [9.17, 15) is 5.11 Å². The molecule has 1 atom stereocenters. The summed E-state index contributed by atoms with van der Waals surface area (Å²) in [5.41, 5.74) is 1.20. The van der Waals surface area contributed by atoms with E-state index in [4.69, 9.17) is 4.74 Å². The average Bonchev–Trinajstić information content (AvgIpc) is 2.30. The first-order valence-electron chi connectivity index (χ1n) is 6.17. The van der Waals surface area contributed by atoms with Crippen molar-refractivity contribution in [1.82, 2.24) is 0 Å². The summed E-state index contributed by atoms with van der Waals surface area (Å²) in [5, 5.41) is 9.67. The van der Waals surface area contributed by atoms with Crippen LogP contribution in [0.5, 0.6) is 5.75 Å². The maximum atomic E-state index is 9.67. The van der Waals surface area contributed by atoms with Gasteiger partial charge in [0.05, 0.1) is 13.2 Å². The van der Waals surface area contributed by atoms with Gasteiger partial charge in [-0.05, 0) is 49.4 Å². The average molecular weight is 301 g/mol. The third-order valence-electron chi connectivity index (χ3n) is 2.85. The Kier molecular flexibility index (Phi) is 6.60. The van der Waals surface area contributed by atoms with Crippen LogP contribution < -0.4 is 4.74 Å². The quantitative estimate of drug-likeness (QED) is 0.826. The van der Waals surface area contributed by atoms with Crippen LogP contribution in [0, 0.1) is 0 Å². The number of halogens is 1. The van der Waals surface area contributed by atoms with Gasteiger partial charge in [0, 0.05) is 4.47 Å². The molecule has 0 saturated carbocycles. The standard InChI is InChI=1S/C14H21BrO2/c1-3-5-13(16)7-4-6-11-10-12(15)8-9-14(11)17-2/h8-10,13,16H,3-7H2,1-2H3.